The second-order valence-corrected chi connectivity index (χ2v) is 7.23. The highest BCUT2D eigenvalue weighted by molar-refractivity contribution is 7.99. The molecule has 0 fully saturated rings. The van der Waals surface area contributed by atoms with Crippen molar-refractivity contribution in [3.05, 3.63) is 90.5 Å². The van der Waals surface area contributed by atoms with E-state index in [0.717, 1.165) is 41.2 Å². The molecule has 1 heterocycles. The lowest BCUT2D eigenvalue weighted by atomic mass is 10.2. The highest BCUT2D eigenvalue weighted by Gasteiger charge is 2.16. The Balaban J connectivity index is 1.54. The molecule has 0 radical (unpaired) electrons. The lowest BCUT2D eigenvalue weighted by Crippen LogP contribution is -2.15. The molecule has 0 unspecified atom stereocenters. The molecule has 0 saturated carbocycles. The number of anilines is 1. The van der Waals surface area contributed by atoms with Crippen LogP contribution in [0.4, 0.5) is 14.5 Å². The minimum Gasteiger partial charge on any atom is -0.323 e. The Kier molecular flexibility index (Phi) is 5.85. The summed E-state index contributed by atoms with van der Waals surface area (Å²) in [5, 5.41) is 7.29. The fourth-order valence-electron chi connectivity index (χ4n) is 2.79. The van der Waals surface area contributed by atoms with Gasteiger partial charge in [-0.3, -0.25) is 4.79 Å². The maximum absolute atomic E-state index is 13.7. The van der Waals surface area contributed by atoms with Crippen molar-refractivity contribution < 1.29 is 13.6 Å². The fourth-order valence-corrected chi connectivity index (χ4v) is 3.41. The molecule has 5 nitrogen and oxygen atoms in total. The number of halogens is 2. The summed E-state index contributed by atoms with van der Waals surface area (Å²) in [6, 6.07) is 22.0. The second kappa shape index (κ2) is 8.87. The fraction of sp³-hybridized carbons (Fsp3) is 0.0455. The van der Waals surface area contributed by atoms with Gasteiger partial charge in [0, 0.05) is 11.6 Å². The van der Waals surface area contributed by atoms with E-state index in [2.05, 4.69) is 15.4 Å². The first-order valence-electron chi connectivity index (χ1n) is 9.06. The van der Waals surface area contributed by atoms with Crippen LogP contribution < -0.4 is 5.32 Å². The topological polar surface area (TPSA) is 59.8 Å². The van der Waals surface area contributed by atoms with Crippen molar-refractivity contribution in [1.29, 1.82) is 0 Å². The first-order chi connectivity index (χ1) is 14.6. The van der Waals surface area contributed by atoms with Crippen LogP contribution in [0.1, 0.15) is 0 Å². The number of thioether (sulfide) groups is 1. The molecular weight excluding hydrogens is 406 g/mol. The van der Waals surface area contributed by atoms with Crippen LogP contribution in [-0.4, -0.2) is 26.4 Å². The van der Waals surface area contributed by atoms with E-state index in [9.17, 15) is 13.6 Å². The van der Waals surface area contributed by atoms with Crippen LogP contribution in [0.25, 0.3) is 17.1 Å². The summed E-state index contributed by atoms with van der Waals surface area (Å²) < 4.78 is 28.7. The van der Waals surface area contributed by atoms with Crippen molar-refractivity contribution in [1.82, 2.24) is 14.8 Å². The second-order valence-electron chi connectivity index (χ2n) is 6.29. The zero-order valence-corrected chi connectivity index (χ0v) is 16.4. The first kappa shape index (κ1) is 19.8. The van der Waals surface area contributed by atoms with E-state index < -0.39 is 17.5 Å². The smallest absolute Gasteiger partial charge is 0.234 e. The molecule has 0 bridgehead atoms. The number of hydrogen-bond donors (Lipinski definition) is 1. The molecule has 150 valence electrons. The molecule has 1 N–H and O–H groups in total. The Morgan fingerprint density at radius 3 is 2.40 bits per heavy atom. The van der Waals surface area contributed by atoms with Gasteiger partial charge < -0.3 is 5.32 Å². The highest BCUT2D eigenvalue weighted by Crippen LogP contribution is 2.25. The van der Waals surface area contributed by atoms with Gasteiger partial charge >= 0.3 is 0 Å². The van der Waals surface area contributed by atoms with Crippen molar-refractivity contribution in [3.63, 3.8) is 0 Å². The van der Waals surface area contributed by atoms with Crippen LogP contribution in [0.5, 0.6) is 0 Å². The zero-order valence-electron chi connectivity index (χ0n) is 15.6. The van der Waals surface area contributed by atoms with Crippen molar-refractivity contribution in [2.24, 2.45) is 0 Å². The zero-order chi connectivity index (χ0) is 20.9. The maximum Gasteiger partial charge on any atom is 0.234 e. The summed E-state index contributed by atoms with van der Waals surface area (Å²) >= 11 is 1.11. The SMILES string of the molecule is O=C(CSc1nc(-c2ccccc2)n(-c2ccccc2)n1)Nc1cc(F)ccc1F. The van der Waals surface area contributed by atoms with Crippen molar-refractivity contribution >= 4 is 23.4 Å². The average molecular weight is 422 g/mol. The van der Waals surface area contributed by atoms with Gasteiger partial charge in [0.1, 0.15) is 11.6 Å². The van der Waals surface area contributed by atoms with E-state index in [1.165, 1.54) is 0 Å². The molecule has 8 heteroatoms. The van der Waals surface area contributed by atoms with Crippen molar-refractivity contribution in [3.8, 4) is 17.1 Å². The van der Waals surface area contributed by atoms with Gasteiger partial charge in [0.2, 0.25) is 11.1 Å². The number of nitrogens with one attached hydrogen (secondary N) is 1. The van der Waals surface area contributed by atoms with E-state index in [-0.39, 0.29) is 11.4 Å². The highest BCUT2D eigenvalue weighted by atomic mass is 32.2. The molecule has 0 aliphatic heterocycles. The van der Waals surface area contributed by atoms with Gasteiger partial charge in [-0.1, -0.05) is 60.3 Å². The number of nitrogens with zero attached hydrogens (tertiary/aromatic N) is 3. The molecule has 4 aromatic rings. The summed E-state index contributed by atoms with van der Waals surface area (Å²) in [7, 11) is 0. The number of amides is 1. The summed E-state index contributed by atoms with van der Waals surface area (Å²) in [6.45, 7) is 0. The molecule has 0 aliphatic rings. The summed E-state index contributed by atoms with van der Waals surface area (Å²) in [5.74, 6) is -1.23. The molecule has 0 aliphatic carbocycles. The van der Waals surface area contributed by atoms with Gasteiger partial charge in [-0.15, -0.1) is 5.10 Å². The molecule has 0 saturated heterocycles. The van der Waals surface area contributed by atoms with Crippen LogP contribution in [0.2, 0.25) is 0 Å². The Bertz CT molecular complexity index is 1110. The molecule has 0 spiro atoms. The number of rotatable bonds is 6. The third-order valence-electron chi connectivity index (χ3n) is 4.16. The van der Waals surface area contributed by atoms with E-state index in [1.807, 2.05) is 60.7 Å². The molecule has 1 aromatic heterocycles. The van der Waals surface area contributed by atoms with Crippen LogP contribution in [0.3, 0.4) is 0 Å². The lowest BCUT2D eigenvalue weighted by molar-refractivity contribution is -0.113. The molecular formula is C22H16F2N4OS. The molecule has 0 atom stereocenters. The van der Waals surface area contributed by atoms with Gasteiger partial charge in [0.15, 0.2) is 5.82 Å². The van der Waals surface area contributed by atoms with Gasteiger partial charge in [0.25, 0.3) is 0 Å². The van der Waals surface area contributed by atoms with Crippen LogP contribution >= 0.6 is 11.8 Å². The van der Waals surface area contributed by atoms with E-state index in [1.54, 1.807) is 4.68 Å². The number of benzene rings is 3. The third-order valence-corrected chi connectivity index (χ3v) is 4.99. The van der Waals surface area contributed by atoms with E-state index >= 15 is 0 Å². The van der Waals surface area contributed by atoms with Crippen LogP contribution in [0, 0.1) is 11.6 Å². The van der Waals surface area contributed by atoms with Crippen molar-refractivity contribution in [2.75, 3.05) is 11.1 Å². The number of carbonyl (C=O) groups excluding carboxylic acids is 1. The molecule has 4 rings (SSSR count). The van der Waals surface area contributed by atoms with E-state index in [0.29, 0.717) is 11.0 Å². The summed E-state index contributed by atoms with van der Waals surface area (Å²) in [6.07, 6.45) is 0. The van der Waals surface area contributed by atoms with Gasteiger partial charge in [-0.05, 0) is 24.3 Å². The standard InChI is InChI=1S/C22H16F2N4OS/c23-16-11-12-18(24)19(13-16)25-20(29)14-30-22-26-21(15-7-3-1-4-8-15)28(27-22)17-9-5-2-6-10-17/h1-13H,14H2,(H,25,29). The van der Waals surface area contributed by atoms with Gasteiger partial charge in [-0.25, -0.2) is 18.4 Å². The minimum atomic E-state index is -0.701. The third kappa shape index (κ3) is 4.55. The Hall–Kier alpha value is -3.52. The number of carbonyl (C=O) groups is 1. The monoisotopic (exact) mass is 422 g/mol. The predicted octanol–water partition coefficient (Wildman–Crippen LogP) is 4.94. The number of aromatic nitrogens is 3. The van der Waals surface area contributed by atoms with Crippen LogP contribution in [-0.2, 0) is 4.79 Å². The lowest BCUT2D eigenvalue weighted by Gasteiger charge is -2.05. The van der Waals surface area contributed by atoms with Crippen LogP contribution in [0.15, 0.2) is 84.0 Å². The normalized spacial score (nSPS) is 10.7. The Morgan fingerprint density at radius 1 is 0.967 bits per heavy atom. The Morgan fingerprint density at radius 2 is 1.67 bits per heavy atom. The van der Waals surface area contributed by atoms with E-state index in [4.69, 9.17) is 0 Å². The molecule has 1 amide bonds. The molecule has 30 heavy (non-hydrogen) atoms. The maximum atomic E-state index is 13.7. The number of hydrogen-bond acceptors (Lipinski definition) is 4. The van der Waals surface area contributed by atoms with Crippen molar-refractivity contribution in [2.45, 2.75) is 5.16 Å². The van der Waals surface area contributed by atoms with Gasteiger partial charge in [-0.2, -0.15) is 0 Å². The van der Waals surface area contributed by atoms with Gasteiger partial charge in [0.05, 0.1) is 17.1 Å². The first-order valence-corrected chi connectivity index (χ1v) is 10.0. The predicted molar refractivity (Wildman–Crippen MR) is 113 cm³/mol. The summed E-state index contributed by atoms with van der Waals surface area (Å²) in [5.41, 5.74) is 1.52. The molecule has 3 aromatic carbocycles. The largest absolute Gasteiger partial charge is 0.323 e. The quantitative estimate of drug-likeness (QED) is 0.447. The minimum absolute atomic E-state index is 0.0526. The number of para-hydroxylation sites is 1. The Labute approximate surface area is 175 Å². The average Bonchev–Trinajstić information content (AvgIpc) is 3.20. The summed E-state index contributed by atoms with van der Waals surface area (Å²) in [4.78, 5) is 16.8.